The van der Waals surface area contributed by atoms with E-state index in [0.29, 0.717) is 0 Å². The minimum atomic E-state index is -1.64. The van der Waals surface area contributed by atoms with Crippen LogP contribution in [0.2, 0.25) is 0 Å². The molecule has 0 aromatic heterocycles. The number of phenols is 1. The Labute approximate surface area is 71.1 Å². The number of hydrogen-bond acceptors (Lipinski definition) is 2. The summed E-state index contributed by atoms with van der Waals surface area (Å²) in [5, 5.41) is 15.4. The lowest BCUT2D eigenvalue weighted by atomic mass is 10.1. The summed E-state index contributed by atoms with van der Waals surface area (Å²) in [6, 6.07) is 1.39. The summed E-state index contributed by atoms with van der Waals surface area (Å²) >= 11 is 0. The zero-order valence-electron chi connectivity index (χ0n) is 6.16. The van der Waals surface area contributed by atoms with E-state index in [-0.39, 0.29) is 0 Å². The molecule has 1 rings (SSSR count). The Kier molecular flexibility index (Phi) is 2.14. The van der Waals surface area contributed by atoms with Crippen molar-refractivity contribution in [3.8, 4) is 5.75 Å². The van der Waals surface area contributed by atoms with E-state index in [1.807, 2.05) is 0 Å². The average Bonchev–Trinajstić information content (AvgIpc) is 2.01. The molecule has 0 fully saturated rings. The summed E-state index contributed by atoms with van der Waals surface area (Å²) in [6.07, 6.45) is 0. The Bertz CT molecular complexity index is 352. The van der Waals surface area contributed by atoms with Crippen LogP contribution in [-0.2, 0) is 0 Å². The van der Waals surface area contributed by atoms with Crippen molar-refractivity contribution < 1.29 is 18.3 Å². The van der Waals surface area contributed by atoms with Crippen molar-refractivity contribution >= 4 is 5.84 Å². The molecule has 0 saturated heterocycles. The van der Waals surface area contributed by atoms with Gasteiger partial charge in [0.05, 0.1) is 11.6 Å². The Morgan fingerprint density at radius 3 is 2.31 bits per heavy atom. The molecule has 0 bridgehead atoms. The quantitative estimate of drug-likeness (QED) is 0.349. The van der Waals surface area contributed by atoms with Crippen LogP contribution in [0.25, 0.3) is 0 Å². The lowest BCUT2D eigenvalue weighted by molar-refractivity contribution is 0.409. The third kappa shape index (κ3) is 1.42. The van der Waals surface area contributed by atoms with E-state index in [0.717, 1.165) is 0 Å². The number of phenolic OH excluding ortho intramolecular Hbond substituents is 1. The van der Waals surface area contributed by atoms with E-state index in [2.05, 4.69) is 0 Å². The van der Waals surface area contributed by atoms with E-state index in [1.54, 1.807) is 0 Å². The highest BCUT2D eigenvalue weighted by atomic mass is 19.2. The number of halogens is 3. The number of nitrogen functional groups attached to an aromatic ring is 1. The molecule has 0 atom stereocenters. The molecular formula is C7H4F3N2O. The molecule has 1 aromatic carbocycles. The van der Waals surface area contributed by atoms with E-state index < -0.39 is 34.6 Å². The molecule has 0 amide bonds. The number of nitrogens with two attached hydrogens (primary N) is 1. The van der Waals surface area contributed by atoms with Gasteiger partial charge in [0.15, 0.2) is 23.2 Å². The minimum Gasteiger partial charge on any atom is -0.504 e. The van der Waals surface area contributed by atoms with Crippen molar-refractivity contribution in [2.45, 2.75) is 0 Å². The zero-order chi connectivity index (χ0) is 10.2. The van der Waals surface area contributed by atoms with Gasteiger partial charge in [0.1, 0.15) is 5.84 Å². The third-order valence-corrected chi connectivity index (χ3v) is 1.34. The summed E-state index contributed by atoms with van der Waals surface area (Å²) in [7, 11) is 0. The van der Waals surface area contributed by atoms with Crippen LogP contribution >= 0.6 is 0 Å². The minimum absolute atomic E-state index is 1.00. The van der Waals surface area contributed by atoms with Crippen molar-refractivity contribution in [3.05, 3.63) is 29.1 Å². The van der Waals surface area contributed by atoms with Crippen molar-refractivity contribution in [3.63, 3.8) is 0 Å². The van der Waals surface area contributed by atoms with Crippen molar-refractivity contribution in [2.24, 2.45) is 5.73 Å². The highest BCUT2D eigenvalue weighted by Gasteiger charge is 2.20. The van der Waals surface area contributed by atoms with Crippen LogP contribution in [-0.4, -0.2) is 10.9 Å². The molecular weight excluding hydrogens is 185 g/mol. The fourth-order valence-corrected chi connectivity index (χ4v) is 0.775. The first kappa shape index (κ1) is 9.37. The van der Waals surface area contributed by atoms with Crippen molar-refractivity contribution in [1.82, 2.24) is 0 Å². The van der Waals surface area contributed by atoms with E-state index in [1.165, 1.54) is 6.07 Å². The van der Waals surface area contributed by atoms with Crippen LogP contribution in [0, 0.1) is 28.9 Å². The molecule has 0 aliphatic carbocycles. The molecule has 6 heteroatoms. The van der Waals surface area contributed by atoms with Gasteiger partial charge in [0.25, 0.3) is 0 Å². The third-order valence-electron chi connectivity index (χ3n) is 1.34. The maximum atomic E-state index is 12.8. The molecule has 0 unspecified atom stereocenters. The molecule has 4 N–H and O–H groups in total. The molecule has 3 nitrogen and oxygen atoms in total. The monoisotopic (exact) mass is 189 g/mol. The summed E-state index contributed by atoms with van der Waals surface area (Å²) < 4.78 is 38.0. The Hall–Kier alpha value is -1.72. The largest absolute Gasteiger partial charge is 0.504 e. The van der Waals surface area contributed by atoms with Crippen LogP contribution in [0.3, 0.4) is 0 Å². The number of rotatable bonds is 1. The summed E-state index contributed by atoms with van der Waals surface area (Å²) in [6.45, 7) is 0. The van der Waals surface area contributed by atoms with E-state index in [9.17, 15) is 13.2 Å². The average molecular weight is 189 g/mol. The van der Waals surface area contributed by atoms with Gasteiger partial charge in [-0.2, -0.15) is 0 Å². The highest BCUT2D eigenvalue weighted by molar-refractivity contribution is 5.95. The first-order valence-corrected chi connectivity index (χ1v) is 3.08. The van der Waals surface area contributed by atoms with Crippen LogP contribution < -0.4 is 5.73 Å². The van der Waals surface area contributed by atoms with Gasteiger partial charge in [-0.25, -0.2) is 13.2 Å². The van der Waals surface area contributed by atoms with Crippen molar-refractivity contribution in [1.29, 1.82) is 5.41 Å². The second kappa shape index (κ2) is 2.96. The molecule has 13 heavy (non-hydrogen) atoms. The van der Waals surface area contributed by atoms with Gasteiger partial charge in [-0.1, -0.05) is 0 Å². The lowest BCUT2D eigenvalue weighted by Crippen LogP contribution is -2.16. The van der Waals surface area contributed by atoms with Gasteiger partial charge in [0.2, 0.25) is 0 Å². The number of amidine groups is 1. The van der Waals surface area contributed by atoms with Crippen LogP contribution in [0.1, 0.15) is 5.56 Å². The molecule has 0 aliphatic rings. The van der Waals surface area contributed by atoms with Gasteiger partial charge in [-0.3, -0.25) is 5.41 Å². The van der Waals surface area contributed by atoms with Gasteiger partial charge < -0.3 is 10.8 Å². The van der Waals surface area contributed by atoms with E-state index in [4.69, 9.17) is 16.2 Å². The number of benzene rings is 1. The molecule has 69 valence electrons. The Morgan fingerprint density at radius 2 is 1.85 bits per heavy atom. The standard InChI is InChI=1S/C7H4F3N2O/c8-2-1-3(13)6(10)4(5(2)9)7(11)12/h13H,(H3,11,12). The molecule has 0 spiro atoms. The zero-order valence-corrected chi connectivity index (χ0v) is 6.16. The predicted octanol–water partition coefficient (Wildman–Crippen LogP) is 0.894. The second-order valence-corrected chi connectivity index (χ2v) is 2.20. The smallest absolute Gasteiger partial charge is 0.179 e. The Balaban J connectivity index is 3.56. The maximum Gasteiger partial charge on any atom is 0.179 e. The summed E-state index contributed by atoms with van der Waals surface area (Å²) in [4.78, 5) is 0. The van der Waals surface area contributed by atoms with Gasteiger partial charge in [0, 0.05) is 0 Å². The fourth-order valence-electron chi connectivity index (χ4n) is 0.775. The molecule has 0 heterocycles. The first-order chi connectivity index (χ1) is 5.95. The number of hydrogen-bond donors (Lipinski definition) is 3. The fraction of sp³-hybridized carbons (Fsp3) is 0. The van der Waals surface area contributed by atoms with E-state index >= 15 is 0 Å². The first-order valence-electron chi connectivity index (χ1n) is 3.08. The molecule has 0 saturated carbocycles. The van der Waals surface area contributed by atoms with Gasteiger partial charge >= 0.3 is 0 Å². The van der Waals surface area contributed by atoms with Crippen LogP contribution in [0.4, 0.5) is 13.2 Å². The molecule has 0 aliphatic heterocycles. The number of nitrogens with one attached hydrogen (secondary N) is 1. The van der Waals surface area contributed by atoms with Crippen molar-refractivity contribution in [2.75, 3.05) is 0 Å². The maximum absolute atomic E-state index is 12.8. The van der Waals surface area contributed by atoms with Gasteiger partial charge in [-0.05, 0) is 0 Å². The summed E-state index contributed by atoms with van der Waals surface area (Å²) in [5.74, 6) is -6.92. The second-order valence-electron chi connectivity index (χ2n) is 2.20. The normalized spacial score (nSPS) is 10.1. The molecule has 1 radical (unpaired) electrons. The van der Waals surface area contributed by atoms with Crippen LogP contribution in [0.5, 0.6) is 5.75 Å². The number of aromatic hydroxyl groups is 1. The van der Waals surface area contributed by atoms with Gasteiger partial charge in [-0.15, -0.1) is 0 Å². The SMILES string of the molecule is N=C(N)c1c(F)c(O)[c]c(F)c1F. The lowest BCUT2D eigenvalue weighted by Gasteiger charge is -2.04. The van der Waals surface area contributed by atoms with Crippen LogP contribution in [0.15, 0.2) is 0 Å². The predicted molar refractivity (Wildman–Crippen MR) is 37.8 cm³/mol. The Morgan fingerprint density at radius 1 is 1.31 bits per heavy atom. The summed E-state index contributed by atoms with van der Waals surface area (Å²) in [5.41, 5.74) is 3.68. The molecule has 1 aromatic rings. The topological polar surface area (TPSA) is 70.1 Å². The highest BCUT2D eigenvalue weighted by Crippen LogP contribution is 2.23.